The van der Waals surface area contributed by atoms with E-state index in [1.54, 1.807) is 0 Å². The van der Waals surface area contributed by atoms with Crippen LogP contribution in [0.4, 0.5) is 11.6 Å². The van der Waals surface area contributed by atoms with Gasteiger partial charge in [-0.05, 0) is 37.5 Å². The molecule has 5 nitrogen and oxygen atoms in total. The summed E-state index contributed by atoms with van der Waals surface area (Å²) in [4.78, 5) is 14.4. The molecular formula is C19H24N4O. The van der Waals surface area contributed by atoms with E-state index in [9.17, 15) is 4.79 Å². The van der Waals surface area contributed by atoms with E-state index in [1.807, 2.05) is 43.3 Å². The standard InChI is InChI=1S/C19H24N4O/c1-15-6-8-16(9-7-15)14-19(24)20-17-10-11-18(22-21-17)23-12-4-2-3-5-13-23/h6-11H,2-5,12-14H2,1H3,(H,20,21,24). The van der Waals surface area contributed by atoms with Gasteiger partial charge in [0.15, 0.2) is 11.6 Å². The van der Waals surface area contributed by atoms with E-state index in [1.165, 1.54) is 31.2 Å². The van der Waals surface area contributed by atoms with Crippen molar-refractivity contribution in [1.29, 1.82) is 0 Å². The number of anilines is 2. The molecule has 24 heavy (non-hydrogen) atoms. The number of carbonyl (C=O) groups is 1. The molecule has 0 aliphatic carbocycles. The Morgan fingerprint density at radius 2 is 1.71 bits per heavy atom. The average molecular weight is 324 g/mol. The van der Waals surface area contributed by atoms with Crippen LogP contribution in [-0.4, -0.2) is 29.2 Å². The number of benzene rings is 1. The van der Waals surface area contributed by atoms with Gasteiger partial charge in [-0.2, -0.15) is 0 Å². The molecule has 0 radical (unpaired) electrons. The molecule has 0 atom stereocenters. The van der Waals surface area contributed by atoms with Crippen LogP contribution >= 0.6 is 0 Å². The molecule has 3 rings (SSSR count). The van der Waals surface area contributed by atoms with Gasteiger partial charge in [-0.3, -0.25) is 4.79 Å². The lowest BCUT2D eigenvalue weighted by Crippen LogP contribution is -2.25. The summed E-state index contributed by atoms with van der Waals surface area (Å²) in [5.41, 5.74) is 2.18. The summed E-state index contributed by atoms with van der Waals surface area (Å²) >= 11 is 0. The molecule has 126 valence electrons. The number of amides is 1. The first kappa shape index (κ1) is 16.4. The molecule has 1 aromatic heterocycles. The highest BCUT2D eigenvalue weighted by molar-refractivity contribution is 5.91. The second-order valence-electron chi connectivity index (χ2n) is 6.39. The zero-order valence-electron chi connectivity index (χ0n) is 14.2. The fraction of sp³-hybridized carbons (Fsp3) is 0.421. The number of carbonyl (C=O) groups excluding carboxylic acids is 1. The van der Waals surface area contributed by atoms with Crippen molar-refractivity contribution in [1.82, 2.24) is 10.2 Å². The first-order valence-corrected chi connectivity index (χ1v) is 8.65. The van der Waals surface area contributed by atoms with Crippen molar-refractivity contribution in [3.63, 3.8) is 0 Å². The lowest BCUT2D eigenvalue weighted by molar-refractivity contribution is -0.115. The van der Waals surface area contributed by atoms with Crippen molar-refractivity contribution in [2.45, 2.75) is 39.0 Å². The molecule has 1 aromatic carbocycles. The molecule has 1 aliphatic heterocycles. The Labute approximate surface area is 143 Å². The smallest absolute Gasteiger partial charge is 0.229 e. The van der Waals surface area contributed by atoms with E-state index >= 15 is 0 Å². The van der Waals surface area contributed by atoms with Crippen LogP contribution in [0, 0.1) is 6.92 Å². The van der Waals surface area contributed by atoms with Crippen LogP contribution in [0.25, 0.3) is 0 Å². The second kappa shape index (κ2) is 7.90. The molecule has 1 saturated heterocycles. The average Bonchev–Trinajstić information content (AvgIpc) is 2.87. The second-order valence-corrected chi connectivity index (χ2v) is 6.39. The number of aryl methyl sites for hydroxylation is 1. The maximum absolute atomic E-state index is 12.1. The van der Waals surface area contributed by atoms with Crippen molar-refractivity contribution in [2.75, 3.05) is 23.3 Å². The molecule has 1 fully saturated rings. The molecule has 0 bridgehead atoms. The Hall–Kier alpha value is -2.43. The van der Waals surface area contributed by atoms with Gasteiger partial charge in [0, 0.05) is 13.1 Å². The SMILES string of the molecule is Cc1ccc(CC(=O)Nc2ccc(N3CCCCCC3)nn2)cc1. The minimum absolute atomic E-state index is 0.0734. The van der Waals surface area contributed by atoms with Crippen LogP contribution in [0.3, 0.4) is 0 Å². The fourth-order valence-electron chi connectivity index (χ4n) is 2.94. The highest BCUT2D eigenvalue weighted by Crippen LogP contribution is 2.17. The molecule has 1 aliphatic rings. The Kier molecular flexibility index (Phi) is 5.41. The van der Waals surface area contributed by atoms with Crippen LogP contribution in [0.5, 0.6) is 0 Å². The van der Waals surface area contributed by atoms with Gasteiger partial charge in [0.1, 0.15) is 0 Å². The number of nitrogens with zero attached hydrogens (tertiary/aromatic N) is 3. The maximum atomic E-state index is 12.1. The van der Waals surface area contributed by atoms with Crippen molar-refractivity contribution in [3.05, 3.63) is 47.5 Å². The van der Waals surface area contributed by atoms with Gasteiger partial charge in [-0.25, -0.2) is 0 Å². The third kappa shape index (κ3) is 4.54. The van der Waals surface area contributed by atoms with E-state index in [0.717, 1.165) is 24.5 Å². The zero-order chi connectivity index (χ0) is 16.8. The van der Waals surface area contributed by atoms with Crippen molar-refractivity contribution in [3.8, 4) is 0 Å². The Morgan fingerprint density at radius 3 is 2.33 bits per heavy atom. The predicted octanol–water partition coefficient (Wildman–Crippen LogP) is 3.35. The van der Waals surface area contributed by atoms with Crippen molar-refractivity contribution in [2.24, 2.45) is 0 Å². The lowest BCUT2D eigenvalue weighted by atomic mass is 10.1. The van der Waals surface area contributed by atoms with Gasteiger partial charge in [-0.1, -0.05) is 42.7 Å². The van der Waals surface area contributed by atoms with Gasteiger partial charge < -0.3 is 10.2 Å². The van der Waals surface area contributed by atoms with Crippen LogP contribution < -0.4 is 10.2 Å². The fourth-order valence-corrected chi connectivity index (χ4v) is 2.94. The van der Waals surface area contributed by atoms with Crippen molar-refractivity contribution < 1.29 is 4.79 Å². The number of rotatable bonds is 4. The summed E-state index contributed by atoms with van der Waals surface area (Å²) in [6, 6.07) is 11.8. The topological polar surface area (TPSA) is 58.1 Å². The summed E-state index contributed by atoms with van der Waals surface area (Å²) < 4.78 is 0. The normalized spacial score (nSPS) is 15.0. The van der Waals surface area contributed by atoms with Crippen LogP contribution in [0.2, 0.25) is 0 Å². The molecule has 0 spiro atoms. The monoisotopic (exact) mass is 324 g/mol. The molecule has 0 unspecified atom stereocenters. The summed E-state index contributed by atoms with van der Waals surface area (Å²) in [5, 5.41) is 11.2. The van der Waals surface area contributed by atoms with E-state index in [0.29, 0.717) is 12.2 Å². The summed E-state index contributed by atoms with van der Waals surface area (Å²) in [6.07, 6.45) is 5.33. The van der Waals surface area contributed by atoms with E-state index < -0.39 is 0 Å². The summed E-state index contributed by atoms with van der Waals surface area (Å²) in [5.74, 6) is 1.33. The maximum Gasteiger partial charge on any atom is 0.229 e. The third-order valence-electron chi connectivity index (χ3n) is 4.33. The van der Waals surface area contributed by atoms with E-state index in [2.05, 4.69) is 20.4 Å². The van der Waals surface area contributed by atoms with Gasteiger partial charge in [-0.15, -0.1) is 10.2 Å². The Balaban J connectivity index is 1.57. The Bertz CT molecular complexity index is 659. The molecule has 1 N–H and O–H groups in total. The third-order valence-corrected chi connectivity index (χ3v) is 4.33. The number of hydrogen-bond donors (Lipinski definition) is 1. The number of nitrogens with one attached hydrogen (secondary N) is 1. The molecule has 0 saturated carbocycles. The largest absolute Gasteiger partial charge is 0.355 e. The van der Waals surface area contributed by atoms with E-state index in [-0.39, 0.29) is 5.91 Å². The quantitative estimate of drug-likeness (QED) is 0.937. The van der Waals surface area contributed by atoms with Crippen LogP contribution in [0.1, 0.15) is 36.8 Å². The molecular weight excluding hydrogens is 300 g/mol. The lowest BCUT2D eigenvalue weighted by Gasteiger charge is -2.20. The zero-order valence-corrected chi connectivity index (χ0v) is 14.2. The molecule has 2 heterocycles. The molecule has 1 amide bonds. The first-order valence-electron chi connectivity index (χ1n) is 8.65. The minimum atomic E-state index is -0.0734. The highest BCUT2D eigenvalue weighted by Gasteiger charge is 2.12. The molecule has 5 heteroatoms. The first-order chi connectivity index (χ1) is 11.7. The van der Waals surface area contributed by atoms with E-state index in [4.69, 9.17) is 0 Å². The number of hydrogen-bond acceptors (Lipinski definition) is 4. The Morgan fingerprint density at radius 1 is 1.00 bits per heavy atom. The van der Waals surface area contributed by atoms with Gasteiger partial charge in [0.25, 0.3) is 0 Å². The van der Waals surface area contributed by atoms with Gasteiger partial charge >= 0.3 is 0 Å². The highest BCUT2D eigenvalue weighted by atomic mass is 16.1. The van der Waals surface area contributed by atoms with Gasteiger partial charge in [0.05, 0.1) is 6.42 Å². The summed E-state index contributed by atoms with van der Waals surface area (Å²) in [7, 11) is 0. The summed E-state index contributed by atoms with van der Waals surface area (Å²) in [6.45, 7) is 4.10. The predicted molar refractivity (Wildman–Crippen MR) is 96.2 cm³/mol. The van der Waals surface area contributed by atoms with Crippen LogP contribution in [0.15, 0.2) is 36.4 Å². The van der Waals surface area contributed by atoms with Crippen molar-refractivity contribution >= 4 is 17.5 Å². The van der Waals surface area contributed by atoms with Gasteiger partial charge in [0.2, 0.25) is 5.91 Å². The van der Waals surface area contributed by atoms with Crippen LogP contribution in [-0.2, 0) is 11.2 Å². The minimum Gasteiger partial charge on any atom is -0.355 e. The number of aromatic nitrogens is 2. The molecule has 2 aromatic rings.